The Bertz CT molecular complexity index is 1550. The molecule has 3 heterocycles. The fraction of sp³-hybridized carbons (Fsp3) is 0.333. The molecule has 10 heteroatoms. The van der Waals surface area contributed by atoms with Crippen LogP contribution in [0.5, 0.6) is 11.5 Å². The number of nitrogens with zero attached hydrogens (tertiary/aromatic N) is 3. The van der Waals surface area contributed by atoms with Gasteiger partial charge in [-0.1, -0.05) is 30.3 Å². The third-order valence-electron chi connectivity index (χ3n) is 6.89. The van der Waals surface area contributed by atoms with E-state index in [2.05, 4.69) is 27.8 Å². The molecule has 3 aromatic carbocycles. The van der Waals surface area contributed by atoms with Gasteiger partial charge in [0.25, 0.3) is 0 Å². The highest BCUT2D eigenvalue weighted by atomic mass is 32.2. The molecule has 0 saturated carbocycles. The Hall–Kier alpha value is -3.05. The Morgan fingerprint density at radius 3 is 2.84 bits per heavy atom. The zero-order valence-corrected chi connectivity index (χ0v) is 22.1. The Labute approximate surface area is 220 Å². The number of benzene rings is 3. The number of sulfonamides is 1. The van der Waals surface area contributed by atoms with Crippen LogP contribution in [0.3, 0.4) is 0 Å². The first-order valence-corrected chi connectivity index (χ1v) is 14.5. The average molecular weight is 538 g/mol. The minimum Gasteiger partial charge on any atom is -0.489 e. The highest BCUT2D eigenvalue weighted by Crippen LogP contribution is 2.40. The lowest BCUT2D eigenvalue weighted by atomic mass is 9.98. The minimum absolute atomic E-state index is 0.161. The predicted octanol–water partition coefficient (Wildman–Crippen LogP) is 4.67. The molecule has 4 aromatic rings. The van der Waals surface area contributed by atoms with Crippen LogP contribution >= 0.6 is 11.7 Å². The number of hydrogen-bond acceptors (Lipinski definition) is 8. The highest BCUT2D eigenvalue weighted by Gasteiger charge is 2.32. The van der Waals surface area contributed by atoms with Gasteiger partial charge in [-0.25, -0.2) is 8.42 Å². The Balaban J connectivity index is 1.40. The van der Waals surface area contributed by atoms with E-state index in [9.17, 15) is 8.42 Å². The molecule has 1 atom stereocenters. The van der Waals surface area contributed by atoms with Crippen molar-refractivity contribution in [2.24, 2.45) is 5.92 Å². The van der Waals surface area contributed by atoms with E-state index in [1.54, 1.807) is 18.2 Å². The number of aryl methyl sites for hydroxylation is 1. The predicted molar refractivity (Wildman–Crippen MR) is 142 cm³/mol. The van der Waals surface area contributed by atoms with Gasteiger partial charge in [0.15, 0.2) is 11.5 Å². The van der Waals surface area contributed by atoms with Gasteiger partial charge < -0.3 is 14.2 Å². The van der Waals surface area contributed by atoms with Crippen molar-refractivity contribution in [3.63, 3.8) is 0 Å². The molecule has 2 aliphatic rings. The van der Waals surface area contributed by atoms with Gasteiger partial charge in [0.1, 0.15) is 22.5 Å². The molecule has 0 amide bonds. The van der Waals surface area contributed by atoms with Crippen molar-refractivity contribution >= 4 is 32.8 Å². The van der Waals surface area contributed by atoms with Gasteiger partial charge in [0.2, 0.25) is 10.0 Å². The lowest BCUT2D eigenvalue weighted by Gasteiger charge is -2.21. The molecule has 1 unspecified atom stereocenters. The molecule has 192 valence electrons. The third kappa shape index (κ3) is 4.70. The molecule has 6 rings (SSSR count). The average Bonchev–Trinajstić information content (AvgIpc) is 3.55. The van der Waals surface area contributed by atoms with E-state index < -0.39 is 10.0 Å². The van der Waals surface area contributed by atoms with Gasteiger partial charge in [-0.3, -0.25) is 0 Å². The zero-order chi connectivity index (χ0) is 25.4. The minimum atomic E-state index is -3.85. The standard InChI is InChI=1S/C27H27N3O5S2/c1-18-5-2-3-6-22(18)20-13-21-15-30(37(31,32)25-8-4-7-23-26(25)29-36-28-23)10-12-34-27(21)24(14-20)35-17-19-9-11-33-16-19/h2-8,13-14,19H,9-12,15-17H2,1H3. The molecule has 0 bridgehead atoms. The summed E-state index contributed by atoms with van der Waals surface area (Å²) in [6, 6.07) is 17.2. The van der Waals surface area contributed by atoms with Gasteiger partial charge >= 0.3 is 0 Å². The maximum absolute atomic E-state index is 13.8. The van der Waals surface area contributed by atoms with Gasteiger partial charge in [-0.05, 0) is 54.3 Å². The molecular formula is C27H27N3O5S2. The summed E-state index contributed by atoms with van der Waals surface area (Å²) in [4.78, 5) is 0.162. The summed E-state index contributed by atoms with van der Waals surface area (Å²) >= 11 is 1.01. The number of fused-ring (bicyclic) bond motifs is 2. The summed E-state index contributed by atoms with van der Waals surface area (Å²) in [6.45, 7) is 4.60. The molecule has 1 aromatic heterocycles. The van der Waals surface area contributed by atoms with Crippen LogP contribution in [0.2, 0.25) is 0 Å². The van der Waals surface area contributed by atoms with Crippen LogP contribution in [0, 0.1) is 12.8 Å². The topological polar surface area (TPSA) is 90.8 Å². The summed E-state index contributed by atoms with van der Waals surface area (Å²) in [5, 5.41) is 0. The van der Waals surface area contributed by atoms with E-state index in [1.165, 1.54) is 4.31 Å². The van der Waals surface area contributed by atoms with Crippen molar-refractivity contribution in [3.05, 3.63) is 65.7 Å². The summed E-state index contributed by atoms with van der Waals surface area (Å²) in [6.07, 6.45) is 0.962. The summed E-state index contributed by atoms with van der Waals surface area (Å²) in [5.41, 5.74) is 4.89. The maximum atomic E-state index is 13.8. The quantitative estimate of drug-likeness (QED) is 0.353. The van der Waals surface area contributed by atoms with E-state index in [0.29, 0.717) is 41.7 Å². The van der Waals surface area contributed by atoms with Crippen LogP contribution in [0.25, 0.3) is 22.2 Å². The maximum Gasteiger partial charge on any atom is 0.245 e. The van der Waals surface area contributed by atoms with Crippen molar-refractivity contribution in [1.82, 2.24) is 13.1 Å². The molecule has 1 fully saturated rings. The lowest BCUT2D eigenvalue weighted by Crippen LogP contribution is -2.32. The van der Waals surface area contributed by atoms with Crippen molar-refractivity contribution in [2.45, 2.75) is 24.8 Å². The van der Waals surface area contributed by atoms with Gasteiger partial charge in [-0.2, -0.15) is 13.1 Å². The van der Waals surface area contributed by atoms with Crippen LogP contribution < -0.4 is 9.47 Å². The number of aromatic nitrogens is 2. The fourth-order valence-corrected chi connectivity index (χ4v) is 7.03. The Morgan fingerprint density at radius 1 is 1.11 bits per heavy atom. The van der Waals surface area contributed by atoms with E-state index in [1.807, 2.05) is 24.3 Å². The first kappa shape index (κ1) is 24.3. The molecule has 37 heavy (non-hydrogen) atoms. The van der Waals surface area contributed by atoms with Gasteiger partial charge in [0.05, 0.1) is 24.9 Å². The second-order valence-corrected chi connectivity index (χ2v) is 11.8. The summed E-state index contributed by atoms with van der Waals surface area (Å²) in [7, 11) is -3.85. The molecular weight excluding hydrogens is 510 g/mol. The second kappa shape index (κ2) is 10.0. The molecule has 0 radical (unpaired) electrons. The van der Waals surface area contributed by atoms with Crippen molar-refractivity contribution in [3.8, 4) is 22.6 Å². The van der Waals surface area contributed by atoms with Crippen molar-refractivity contribution in [2.75, 3.05) is 33.0 Å². The smallest absolute Gasteiger partial charge is 0.245 e. The number of rotatable bonds is 6. The largest absolute Gasteiger partial charge is 0.489 e. The van der Waals surface area contributed by atoms with E-state index >= 15 is 0 Å². The first-order valence-electron chi connectivity index (χ1n) is 12.3. The molecule has 0 spiro atoms. The fourth-order valence-electron chi connectivity index (χ4n) is 4.88. The zero-order valence-electron chi connectivity index (χ0n) is 20.4. The molecule has 1 saturated heterocycles. The lowest BCUT2D eigenvalue weighted by molar-refractivity contribution is 0.165. The number of hydrogen-bond donors (Lipinski definition) is 0. The van der Waals surface area contributed by atoms with Gasteiger partial charge in [0, 0.05) is 31.2 Å². The van der Waals surface area contributed by atoms with E-state index in [-0.39, 0.29) is 24.6 Å². The van der Waals surface area contributed by atoms with Crippen LogP contribution in [-0.2, 0) is 21.3 Å². The second-order valence-electron chi connectivity index (χ2n) is 9.39. The van der Waals surface area contributed by atoms with Gasteiger partial charge in [-0.15, -0.1) is 0 Å². The molecule has 2 aliphatic heterocycles. The molecule has 0 aliphatic carbocycles. The Kier molecular flexibility index (Phi) is 6.58. The summed E-state index contributed by atoms with van der Waals surface area (Å²) < 4.78 is 55.5. The summed E-state index contributed by atoms with van der Waals surface area (Å²) in [5.74, 6) is 1.56. The molecule has 8 nitrogen and oxygen atoms in total. The third-order valence-corrected chi connectivity index (χ3v) is 9.31. The molecule has 0 N–H and O–H groups in total. The van der Waals surface area contributed by atoms with E-state index in [4.69, 9.17) is 14.2 Å². The van der Waals surface area contributed by atoms with Crippen LogP contribution in [-0.4, -0.2) is 54.4 Å². The van der Waals surface area contributed by atoms with Crippen molar-refractivity contribution < 1.29 is 22.6 Å². The highest BCUT2D eigenvalue weighted by molar-refractivity contribution is 7.89. The van der Waals surface area contributed by atoms with Crippen molar-refractivity contribution in [1.29, 1.82) is 0 Å². The first-order chi connectivity index (χ1) is 18.0. The Morgan fingerprint density at radius 2 is 2.00 bits per heavy atom. The van der Waals surface area contributed by atoms with Crippen LogP contribution in [0.15, 0.2) is 59.5 Å². The SMILES string of the molecule is Cc1ccccc1-c1cc2c(c(OCC3CCOC3)c1)OCCN(S(=O)(=O)c1cccc3nsnc13)C2. The van der Waals surface area contributed by atoms with E-state index in [0.717, 1.165) is 47.0 Å². The normalized spacial score (nSPS) is 18.4. The number of ether oxygens (including phenoxy) is 3. The monoisotopic (exact) mass is 537 g/mol. The van der Waals surface area contributed by atoms with Crippen LogP contribution in [0.4, 0.5) is 0 Å². The van der Waals surface area contributed by atoms with Crippen LogP contribution in [0.1, 0.15) is 17.5 Å².